The van der Waals surface area contributed by atoms with Crippen LogP contribution in [0.25, 0.3) is 11.5 Å². The van der Waals surface area contributed by atoms with Crippen LogP contribution in [0.3, 0.4) is 0 Å². The summed E-state index contributed by atoms with van der Waals surface area (Å²) in [5.41, 5.74) is 2.73. The third-order valence-corrected chi connectivity index (χ3v) is 4.13. The van der Waals surface area contributed by atoms with Gasteiger partial charge in [0.15, 0.2) is 0 Å². The minimum Gasteiger partial charge on any atom is -0.489 e. The van der Waals surface area contributed by atoms with Gasteiger partial charge in [0.25, 0.3) is 5.91 Å². The number of rotatable bonds is 6. The fourth-order valence-corrected chi connectivity index (χ4v) is 2.77. The van der Waals surface area contributed by atoms with Crippen molar-refractivity contribution in [1.82, 2.24) is 10.2 Å². The van der Waals surface area contributed by atoms with Crippen LogP contribution in [0.15, 0.2) is 89.7 Å². The summed E-state index contributed by atoms with van der Waals surface area (Å²) >= 11 is 0. The summed E-state index contributed by atoms with van der Waals surface area (Å²) in [6, 6.07) is 24.1. The van der Waals surface area contributed by atoms with Gasteiger partial charge in [-0.25, -0.2) is 0 Å². The van der Waals surface area contributed by atoms with Crippen LogP contribution < -0.4 is 10.1 Å². The van der Waals surface area contributed by atoms with Gasteiger partial charge < -0.3 is 14.5 Å². The molecule has 0 spiro atoms. The average molecular weight is 371 g/mol. The Labute approximate surface area is 161 Å². The molecule has 28 heavy (non-hydrogen) atoms. The summed E-state index contributed by atoms with van der Waals surface area (Å²) in [6.45, 7) is 0.301. The van der Waals surface area contributed by atoms with E-state index in [9.17, 15) is 4.79 Å². The highest BCUT2D eigenvalue weighted by molar-refractivity contribution is 6.05. The number of ether oxygens (including phenoxy) is 1. The number of anilines is 1. The van der Waals surface area contributed by atoms with Crippen molar-refractivity contribution in [2.75, 3.05) is 5.32 Å². The molecule has 0 aliphatic heterocycles. The summed E-state index contributed by atoms with van der Waals surface area (Å²) in [5.74, 6) is 0.938. The van der Waals surface area contributed by atoms with E-state index in [1.807, 2.05) is 60.7 Å². The summed E-state index contributed by atoms with van der Waals surface area (Å²) in [7, 11) is 0. The van der Waals surface area contributed by atoms with Gasteiger partial charge in [-0.3, -0.25) is 4.79 Å². The van der Waals surface area contributed by atoms with Crippen LogP contribution in [0.4, 0.5) is 5.69 Å². The van der Waals surface area contributed by atoms with Crippen molar-refractivity contribution < 1.29 is 13.9 Å². The van der Waals surface area contributed by atoms with Gasteiger partial charge in [-0.05, 0) is 36.4 Å². The van der Waals surface area contributed by atoms with Crippen molar-refractivity contribution in [2.45, 2.75) is 6.61 Å². The number of benzene rings is 3. The Balaban J connectivity index is 1.50. The topological polar surface area (TPSA) is 77.3 Å². The Hall–Kier alpha value is -3.93. The van der Waals surface area contributed by atoms with Crippen LogP contribution in [-0.2, 0) is 6.61 Å². The second-order valence-corrected chi connectivity index (χ2v) is 6.04. The molecule has 4 rings (SSSR count). The zero-order valence-electron chi connectivity index (χ0n) is 14.9. The van der Waals surface area contributed by atoms with Gasteiger partial charge in [0, 0.05) is 22.4 Å². The maximum atomic E-state index is 12.8. The lowest BCUT2D eigenvalue weighted by molar-refractivity contribution is 0.102. The standard InChI is InChI=1S/C22H17N3O3/c26-21(24-18-9-6-8-16(13-18)22-25-23-15-28-22)20-12-5-4-7-17(20)14-27-19-10-2-1-3-11-19/h1-13,15H,14H2,(H,24,26). The Kier molecular flexibility index (Phi) is 5.11. The predicted molar refractivity (Wildman–Crippen MR) is 105 cm³/mol. The molecule has 0 saturated heterocycles. The van der Waals surface area contributed by atoms with E-state index in [0.717, 1.165) is 16.9 Å². The van der Waals surface area contributed by atoms with Crippen LogP contribution in [0.2, 0.25) is 0 Å². The molecular weight excluding hydrogens is 354 g/mol. The largest absolute Gasteiger partial charge is 0.489 e. The van der Waals surface area contributed by atoms with E-state index in [-0.39, 0.29) is 5.91 Å². The Morgan fingerprint density at radius 2 is 1.79 bits per heavy atom. The quantitative estimate of drug-likeness (QED) is 0.537. The molecule has 0 fully saturated rings. The van der Waals surface area contributed by atoms with Crippen LogP contribution in [-0.4, -0.2) is 16.1 Å². The number of hydrogen-bond acceptors (Lipinski definition) is 5. The Morgan fingerprint density at radius 1 is 0.964 bits per heavy atom. The number of nitrogens with zero attached hydrogens (tertiary/aromatic N) is 2. The lowest BCUT2D eigenvalue weighted by Crippen LogP contribution is -2.15. The molecule has 6 heteroatoms. The number of nitrogens with one attached hydrogen (secondary N) is 1. The molecule has 4 aromatic rings. The highest BCUT2D eigenvalue weighted by atomic mass is 16.5. The molecule has 0 bridgehead atoms. The zero-order valence-corrected chi connectivity index (χ0v) is 14.9. The van der Waals surface area contributed by atoms with Gasteiger partial charge in [-0.15, -0.1) is 10.2 Å². The minimum absolute atomic E-state index is 0.213. The second kappa shape index (κ2) is 8.18. The van der Waals surface area contributed by atoms with Gasteiger partial charge in [0.2, 0.25) is 12.3 Å². The van der Waals surface area contributed by atoms with Crippen molar-refractivity contribution in [3.8, 4) is 17.2 Å². The zero-order chi connectivity index (χ0) is 19.2. The summed E-state index contributed by atoms with van der Waals surface area (Å²) in [5, 5.41) is 10.5. The van der Waals surface area contributed by atoms with E-state index in [1.165, 1.54) is 6.39 Å². The molecular formula is C22H17N3O3. The third kappa shape index (κ3) is 4.07. The first-order valence-corrected chi connectivity index (χ1v) is 8.73. The fourth-order valence-electron chi connectivity index (χ4n) is 2.77. The summed E-state index contributed by atoms with van der Waals surface area (Å²) in [6.07, 6.45) is 1.27. The summed E-state index contributed by atoms with van der Waals surface area (Å²) < 4.78 is 11.0. The number of carbonyl (C=O) groups excluding carboxylic acids is 1. The average Bonchev–Trinajstić information content (AvgIpc) is 3.28. The van der Waals surface area contributed by atoms with Crippen LogP contribution in [0, 0.1) is 0 Å². The molecule has 0 unspecified atom stereocenters. The van der Waals surface area contributed by atoms with E-state index in [4.69, 9.17) is 9.15 Å². The number of para-hydroxylation sites is 1. The molecule has 1 aromatic heterocycles. The minimum atomic E-state index is -0.213. The molecule has 0 aliphatic carbocycles. The van der Waals surface area contributed by atoms with E-state index < -0.39 is 0 Å². The molecule has 0 radical (unpaired) electrons. The SMILES string of the molecule is O=C(Nc1cccc(-c2nnco2)c1)c1ccccc1COc1ccccc1. The first kappa shape index (κ1) is 17.5. The van der Waals surface area contributed by atoms with Crippen molar-refractivity contribution in [3.05, 3.63) is 96.4 Å². The van der Waals surface area contributed by atoms with E-state index in [0.29, 0.717) is 23.7 Å². The number of aromatic nitrogens is 2. The van der Waals surface area contributed by atoms with E-state index in [2.05, 4.69) is 15.5 Å². The van der Waals surface area contributed by atoms with Gasteiger partial charge in [0.05, 0.1) is 0 Å². The Morgan fingerprint density at radius 3 is 2.61 bits per heavy atom. The number of amides is 1. The first-order valence-electron chi connectivity index (χ1n) is 8.73. The van der Waals surface area contributed by atoms with Crippen LogP contribution in [0.5, 0.6) is 5.75 Å². The number of hydrogen-bond donors (Lipinski definition) is 1. The van der Waals surface area contributed by atoms with Crippen LogP contribution >= 0.6 is 0 Å². The Bertz CT molecular complexity index is 1060. The van der Waals surface area contributed by atoms with Gasteiger partial charge >= 0.3 is 0 Å². The number of carbonyl (C=O) groups is 1. The van der Waals surface area contributed by atoms with Crippen molar-refractivity contribution in [2.24, 2.45) is 0 Å². The molecule has 1 heterocycles. The molecule has 0 atom stereocenters. The van der Waals surface area contributed by atoms with E-state index in [1.54, 1.807) is 18.2 Å². The van der Waals surface area contributed by atoms with Gasteiger partial charge in [-0.2, -0.15) is 0 Å². The molecule has 3 aromatic carbocycles. The third-order valence-electron chi connectivity index (χ3n) is 4.13. The molecule has 0 saturated carbocycles. The van der Waals surface area contributed by atoms with Crippen molar-refractivity contribution in [1.29, 1.82) is 0 Å². The molecule has 0 aliphatic rings. The fraction of sp³-hybridized carbons (Fsp3) is 0.0455. The predicted octanol–water partition coefficient (Wildman–Crippen LogP) is 4.57. The van der Waals surface area contributed by atoms with Crippen molar-refractivity contribution >= 4 is 11.6 Å². The second-order valence-electron chi connectivity index (χ2n) is 6.04. The van der Waals surface area contributed by atoms with Crippen molar-refractivity contribution in [3.63, 3.8) is 0 Å². The lowest BCUT2D eigenvalue weighted by atomic mass is 10.1. The monoisotopic (exact) mass is 371 g/mol. The van der Waals surface area contributed by atoms with Crippen LogP contribution in [0.1, 0.15) is 15.9 Å². The highest BCUT2D eigenvalue weighted by Crippen LogP contribution is 2.21. The first-order chi connectivity index (χ1) is 13.8. The van der Waals surface area contributed by atoms with Gasteiger partial charge in [0.1, 0.15) is 12.4 Å². The van der Waals surface area contributed by atoms with E-state index >= 15 is 0 Å². The maximum Gasteiger partial charge on any atom is 0.256 e. The summed E-state index contributed by atoms with van der Waals surface area (Å²) in [4.78, 5) is 12.8. The van der Waals surface area contributed by atoms with Gasteiger partial charge in [-0.1, -0.05) is 42.5 Å². The molecule has 1 amide bonds. The molecule has 138 valence electrons. The highest BCUT2D eigenvalue weighted by Gasteiger charge is 2.13. The molecule has 1 N–H and O–H groups in total. The smallest absolute Gasteiger partial charge is 0.256 e. The lowest BCUT2D eigenvalue weighted by Gasteiger charge is -2.12. The molecule has 6 nitrogen and oxygen atoms in total. The maximum absolute atomic E-state index is 12.8. The normalized spacial score (nSPS) is 10.4.